The minimum Gasteiger partial charge on any atom is -0.478 e. The summed E-state index contributed by atoms with van der Waals surface area (Å²) in [4.78, 5) is 21.6. The normalized spacial score (nSPS) is 15.8. The molecule has 6 heteroatoms. The predicted molar refractivity (Wildman–Crippen MR) is 92.4 cm³/mol. The Morgan fingerprint density at radius 3 is 2.74 bits per heavy atom. The van der Waals surface area contributed by atoms with Crippen molar-refractivity contribution in [2.45, 2.75) is 19.9 Å². The van der Waals surface area contributed by atoms with Gasteiger partial charge >= 0.3 is 5.97 Å². The quantitative estimate of drug-likeness (QED) is 0.913. The lowest BCUT2D eigenvalue weighted by molar-refractivity contribution is 0.0696. The van der Waals surface area contributed by atoms with E-state index in [0.717, 1.165) is 49.8 Å². The van der Waals surface area contributed by atoms with Crippen LogP contribution in [0.2, 0.25) is 0 Å². The molecule has 0 amide bonds. The molecule has 1 aliphatic rings. The van der Waals surface area contributed by atoms with E-state index < -0.39 is 5.97 Å². The molecule has 0 aliphatic carbocycles. The Hall–Kier alpha value is -1.92. The van der Waals surface area contributed by atoms with Gasteiger partial charge in [-0.15, -0.1) is 11.3 Å². The van der Waals surface area contributed by atoms with E-state index in [1.165, 1.54) is 4.88 Å². The SMILES string of the molecule is CCc1cnc(N2CCN(Cc3cccc(C(=O)O)c3)CC2)s1. The van der Waals surface area contributed by atoms with Crippen LogP contribution in [-0.2, 0) is 13.0 Å². The lowest BCUT2D eigenvalue weighted by Gasteiger charge is -2.34. The van der Waals surface area contributed by atoms with Gasteiger partial charge in [0.25, 0.3) is 0 Å². The topological polar surface area (TPSA) is 56.7 Å². The molecule has 0 spiro atoms. The second-order valence-electron chi connectivity index (χ2n) is 5.73. The van der Waals surface area contributed by atoms with Crippen LogP contribution in [0.15, 0.2) is 30.5 Å². The molecule has 2 aromatic rings. The number of hydrogen-bond acceptors (Lipinski definition) is 5. The first kappa shape index (κ1) is 16.0. The number of nitrogens with zero attached hydrogens (tertiary/aromatic N) is 3. The summed E-state index contributed by atoms with van der Waals surface area (Å²) in [6.45, 7) is 6.83. The van der Waals surface area contributed by atoms with Crippen LogP contribution in [-0.4, -0.2) is 47.1 Å². The van der Waals surface area contributed by atoms with E-state index in [0.29, 0.717) is 5.56 Å². The zero-order valence-corrected chi connectivity index (χ0v) is 14.1. The Morgan fingerprint density at radius 2 is 2.09 bits per heavy atom. The summed E-state index contributed by atoms with van der Waals surface area (Å²) in [7, 11) is 0. The van der Waals surface area contributed by atoms with Crippen LogP contribution in [0.5, 0.6) is 0 Å². The van der Waals surface area contributed by atoms with Crippen molar-refractivity contribution in [1.82, 2.24) is 9.88 Å². The average Bonchev–Trinajstić information content (AvgIpc) is 3.05. The Bertz CT molecular complexity index is 678. The van der Waals surface area contributed by atoms with E-state index in [1.807, 2.05) is 18.3 Å². The number of hydrogen-bond donors (Lipinski definition) is 1. The van der Waals surface area contributed by atoms with Crippen molar-refractivity contribution in [3.63, 3.8) is 0 Å². The predicted octanol–water partition coefficient (Wildman–Crippen LogP) is 2.73. The maximum Gasteiger partial charge on any atom is 0.335 e. The van der Waals surface area contributed by atoms with Gasteiger partial charge in [0.1, 0.15) is 0 Å². The zero-order valence-electron chi connectivity index (χ0n) is 13.2. The fraction of sp³-hybridized carbons (Fsp3) is 0.412. The summed E-state index contributed by atoms with van der Waals surface area (Å²) in [5.74, 6) is -0.868. The van der Waals surface area contributed by atoms with E-state index in [4.69, 9.17) is 5.11 Å². The molecule has 1 aromatic carbocycles. The van der Waals surface area contributed by atoms with E-state index in [1.54, 1.807) is 23.5 Å². The molecule has 0 radical (unpaired) electrons. The molecule has 1 N–H and O–H groups in total. The molecule has 0 atom stereocenters. The molecule has 5 nitrogen and oxygen atoms in total. The van der Waals surface area contributed by atoms with Crippen molar-refractivity contribution in [2.75, 3.05) is 31.1 Å². The number of carboxylic acid groups (broad SMARTS) is 1. The molecule has 1 aliphatic heterocycles. The summed E-state index contributed by atoms with van der Waals surface area (Å²) < 4.78 is 0. The molecule has 1 aromatic heterocycles. The van der Waals surface area contributed by atoms with Crippen molar-refractivity contribution >= 4 is 22.4 Å². The number of aromatic nitrogens is 1. The van der Waals surface area contributed by atoms with Gasteiger partial charge in [-0.2, -0.15) is 0 Å². The third-order valence-electron chi connectivity index (χ3n) is 4.11. The van der Waals surface area contributed by atoms with Gasteiger partial charge in [-0.3, -0.25) is 4.90 Å². The lowest BCUT2D eigenvalue weighted by atomic mass is 10.1. The highest BCUT2D eigenvalue weighted by molar-refractivity contribution is 7.15. The van der Waals surface area contributed by atoms with Gasteiger partial charge < -0.3 is 10.0 Å². The molecule has 2 heterocycles. The number of thiazole rings is 1. The van der Waals surface area contributed by atoms with Crippen molar-refractivity contribution in [3.8, 4) is 0 Å². The summed E-state index contributed by atoms with van der Waals surface area (Å²) in [5, 5.41) is 10.2. The second kappa shape index (κ2) is 7.10. The van der Waals surface area contributed by atoms with Crippen LogP contribution >= 0.6 is 11.3 Å². The van der Waals surface area contributed by atoms with Crippen molar-refractivity contribution < 1.29 is 9.90 Å². The zero-order chi connectivity index (χ0) is 16.2. The highest BCUT2D eigenvalue weighted by atomic mass is 32.1. The van der Waals surface area contributed by atoms with Crippen LogP contribution < -0.4 is 4.90 Å². The molecule has 0 saturated carbocycles. The second-order valence-corrected chi connectivity index (χ2v) is 6.83. The standard InChI is InChI=1S/C17H21N3O2S/c1-2-15-11-18-17(23-15)20-8-6-19(7-9-20)12-13-4-3-5-14(10-13)16(21)22/h3-5,10-11H,2,6-9,12H2,1H3,(H,21,22). The van der Waals surface area contributed by atoms with E-state index in [-0.39, 0.29) is 0 Å². The third-order valence-corrected chi connectivity index (χ3v) is 5.32. The molecule has 0 bridgehead atoms. The van der Waals surface area contributed by atoms with Gasteiger partial charge in [0.2, 0.25) is 0 Å². The van der Waals surface area contributed by atoms with Gasteiger partial charge in [0, 0.05) is 43.8 Å². The lowest BCUT2D eigenvalue weighted by Crippen LogP contribution is -2.45. The van der Waals surface area contributed by atoms with Gasteiger partial charge in [-0.1, -0.05) is 19.1 Å². The summed E-state index contributed by atoms with van der Waals surface area (Å²) in [5.41, 5.74) is 1.41. The summed E-state index contributed by atoms with van der Waals surface area (Å²) in [6, 6.07) is 7.21. The van der Waals surface area contributed by atoms with E-state index >= 15 is 0 Å². The number of piperazine rings is 1. The first-order chi connectivity index (χ1) is 11.2. The Labute approximate surface area is 140 Å². The largest absolute Gasteiger partial charge is 0.478 e. The fourth-order valence-corrected chi connectivity index (χ4v) is 3.67. The first-order valence-electron chi connectivity index (χ1n) is 7.90. The van der Waals surface area contributed by atoms with Crippen LogP contribution in [0.25, 0.3) is 0 Å². The smallest absolute Gasteiger partial charge is 0.335 e. The number of rotatable bonds is 5. The highest BCUT2D eigenvalue weighted by Crippen LogP contribution is 2.24. The number of anilines is 1. The molecule has 122 valence electrons. The van der Waals surface area contributed by atoms with Gasteiger partial charge in [0.05, 0.1) is 5.56 Å². The monoisotopic (exact) mass is 331 g/mol. The van der Waals surface area contributed by atoms with Gasteiger partial charge in [-0.05, 0) is 24.1 Å². The molecular formula is C17H21N3O2S. The Kier molecular flexibility index (Phi) is 4.93. The molecule has 3 rings (SSSR count). The molecule has 23 heavy (non-hydrogen) atoms. The van der Waals surface area contributed by atoms with Gasteiger partial charge in [-0.25, -0.2) is 9.78 Å². The molecule has 1 fully saturated rings. The average molecular weight is 331 g/mol. The number of aromatic carboxylic acids is 1. The van der Waals surface area contributed by atoms with Crippen LogP contribution in [0.4, 0.5) is 5.13 Å². The Balaban J connectivity index is 1.56. The van der Waals surface area contributed by atoms with Crippen LogP contribution in [0.1, 0.15) is 27.7 Å². The van der Waals surface area contributed by atoms with E-state index in [2.05, 4.69) is 21.7 Å². The summed E-state index contributed by atoms with van der Waals surface area (Å²) in [6.07, 6.45) is 3.02. The molecule has 1 saturated heterocycles. The Morgan fingerprint density at radius 1 is 1.30 bits per heavy atom. The third kappa shape index (κ3) is 3.89. The first-order valence-corrected chi connectivity index (χ1v) is 8.71. The number of carbonyl (C=O) groups is 1. The maximum absolute atomic E-state index is 11.0. The minimum atomic E-state index is -0.868. The van der Waals surface area contributed by atoms with Crippen LogP contribution in [0, 0.1) is 0 Å². The van der Waals surface area contributed by atoms with Crippen molar-refractivity contribution in [3.05, 3.63) is 46.5 Å². The van der Waals surface area contributed by atoms with Crippen molar-refractivity contribution in [1.29, 1.82) is 0 Å². The molecular weight excluding hydrogens is 310 g/mol. The fourth-order valence-electron chi connectivity index (χ4n) is 2.77. The highest BCUT2D eigenvalue weighted by Gasteiger charge is 2.19. The van der Waals surface area contributed by atoms with Gasteiger partial charge in [0.15, 0.2) is 5.13 Å². The minimum absolute atomic E-state index is 0.357. The number of carboxylic acids is 1. The van der Waals surface area contributed by atoms with Crippen LogP contribution in [0.3, 0.4) is 0 Å². The van der Waals surface area contributed by atoms with Crippen molar-refractivity contribution in [2.24, 2.45) is 0 Å². The van der Waals surface area contributed by atoms with E-state index in [9.17, 15) is 4.79 Å². The maximum atomic E-state index is 11.0. The number of aryl methyl sites for hydroxylation is 1. The summed E-state index contributed by atoms with van der Waals surface area (Å²) >= 11 is 1.78. The number of benzene rings is 1. The molecule has 0 unspecified atom stereocenters.